The zero-order valence-corrected chi connectivity index (χ0v) is 13.3. The number of anilines is 2. The topological polar surface area (TPSA) is 64.3 Å². The van der Waals surface area contributed by atoms with Crippen LogP contribution in [0.1, 0.15) is 38.1 Å². The number of halogens is 1. The summed E-state index contributed by atoms with van der Waals surface area (Å²) in [5, 5.41) is 3.82. The summed E-state index contributed by atoms with van der Waals surface area (Å²) in [5.41, 5.74) is 7.42. The largest absolute Gasteiger partial charge is 0.465 e. The minimum Gasteiger partial charge on any atom is -0.465 e. The van der Waals surface area contributed by atoms with Crippen molar-refractivity contribution in [2.75, 3.05) is 18.2 Å². The molecule has 3 N–H and O–H groups in total. The van der Waals surface area contributed by atoms with Crippen LogP contribution in [0, 0.1) is 10.8 Å². The maximum atomic E-state index is 11.9. The highest BCUT2D eigenvalue weighted by atomic mass is 35.5. The monoisotopic (exact) mass is 296 g/mol. The summed E-state index contributed by atoms with van der Waals surface area (Å²) in [6, 6.07) is 3.46. The van der Waals surface area contributed by atoms with Crippen LogP contribution >= 0.6 is 11.6 Å². The molecule has 0 heterocycles. The van der Waals surface area contributed by atoms with Crippen molar-refractivity contribution < 1.29 is 9.53 Å². The summed E-state index contributed by atoms with van der Waals surface area (Å²) in [7, 11) is 1.34. The Bertz CT molecular complexity index is 553. The van der Waals surface area contributed by atoms with Crippen LogP contribution in [0.15, 0.2) is 12.1 Å². The third-order valence-electron chi connectivity index (χ3n) is 4.83. The fourth-order valence-electron chi connectivity index (χ4n) is 2.75. The average Bonchev–Trinajstić information content (AvgIpc) is 2.72. The second-order valence-corrected chi connectivity index (χ2v) is 6.84. The maximum Gasteiger partial charge on any atom is 0.340 e. The number of hydrogen-bond acceptors (Lipinski definition) is 4. The Morgan fingerprint density at radius 2 is 1.85 bits per heavy atom. The minimum atomic E-state index is -0.446. The fourth-order valence-corrected chi connectivity index (χ4v) is 3.03. The first-order valence-corrected chi connectivity index (χ1v) is 6.94. The highest BCUT2D eigenvalue weighted by molar-refractivity contribution is 6.34. The normalized spacial score (nSPS) is 19.5. The van der Waals surface area contributed by atoms with Gasteiger partial charge >= 0.3 is 5.97 Å². The molecule has 0 radical (unpaired) electrons. The van der Waals surface area contributed by atoms with E-state index in [4.69, 9.17) is 22.1 Å². The van der Waals surface area contributed by atoms with E-state index in [9.17, 15) is 4.79 Å². The van der Waals surface area contributed by atoms with Crippen LogP contribution in [0.3, 0.4) is 0 Å². The number of nitrogen functional groups attached to an aromatic ring is 1. The predicted molar refractivity (Wildman–Crippen MR) is 82.2 cm³/mol. The van der Waals surface area contributed by atoms with E-state index in [1.165, 1.54) is 7.11 Å². The van der Waals surface area contributed by atoms with Crippen molar-refractivity contribution in [3.63, 3.8) is 0 Å². The summed E-state index contributed by atoms with van der Waals surface area (Å²) >= 11 is 6.24. The average molecular weight is 297 g/mol. The van der Waals surface area contributed by atoms with E-state index in [1.54, 1.807) is 12.1 Å². The van der Waals surface area contributed by atoms with Gasteiger partial charge in [0.15, 0.2) is 0 Å². The van der Waals surface area contributed by atoms with Gasteiger partial charge in [-0.1, -0.05) is 39.3 Å². The van der Waals surface area contributed by atoms with Gasteiger partial charge in [0.25, 0.3) is 0 Å². The summed E-state index contributed by atoms with van der Waals surface area (Å²) < 4.78 is 4.80. The molecule has 1 fully saturated rings. The number of methoxy groups -OCH3 is 1. The molecule has 4 nitrogen and oxygen atoms in total. The van der Waals surface area contributed by atoms with Crippen molar-refractivity contribution in [3.05, 3.63) is 22.7 Å². The van der Waals surface area contributed by atoms with E-state index >= 15 is 0 Å². The fraction of sp³-hybridized carbons (Fsp3) is 0.533. The SMILES string of the molecule is COC(=O)c1cc(N)cc(Cl)c1NC1C(C)(C)C1(C)C. The molecular formula is C15H21ClN2O2. The smallest absolute Gasteiger partial charge is 0.340 e. The van der Waals surface area contributed by atoms with Crippen molar-refractivity contribution in [1.82, 2.24) is 0 Å². The van der Waals surface area contributed by atoms with E-state index in [-0.39, 0.29) is 16.9 Å². The molecule has 110 valence electrons. The second-order valence-electron chi connectivity index (χ2n) is 6.44. The number of esters is 1. The number of carbonyl (C=O) groups is 1. The molecule has 0 amide bonds. The standard InChI is InChI=1S/C15H21ClN2O2/c1-14(2)13(15(14,3)4)18-11-9(12(19)20-5)6-8(17)7-10(11)16/h6-7,13,18H,17H2,1-5H3. The maximum absolute atomic E-state index is 11.9. The molecule has 0 aliphatic heterocycles. The predicted octanol–water partition coefficient (Wildman–Crippen LogP) is 3.56. The van der Waals surface area contributed by atoms with Gasteiger partial charge in [0.2, 0.25) is 0 Å². The van der Waals surface area contributed by atoms with Crippen LogP contribution in [-0.2, 0) is 4.74 Å². The van der Waals surface area contributed by atoms with E-state index < -0.39 is 5.97 Å². The van der Waals surface area contributed by atoms with Gasteiger partial charge < -0.3 is 15.8 Å². The van der Waals surface area contributed by atoms with Gasteiger partial charge in [0.05, 0.1) is 23.4 Å². The van der Waals surface area contributed by atoms with E-state index in [2.05, 4.69) is 33.0 Å². The van der Waals surface area contributed by atoms with Crippen molar-refractivity contribution >= 4 is 28.9 Å². The van der Waals surface area contributed by atoms with Gasteiger partial charge in [0, 0.05) is 11.7 Å². The molecular weight excluding hydrogens is 276 g/mol. The van der Waals surface area contributed by atoms with Crippen LogP contribution in [0.4, 0.5) is 11.4 Å². The van der Waals surface area contributed by atoms with Crippen LogP contribution in [0.2, 0.25) is 5.02 Å². The molecule has 1 aromatic carbocycles. The molecule has 1 aliphatic carbocycles. The van der Waals surface area contributed by atoms with Crippen molar-refractivity contribution in [2.24, 2.45) is 10.8 Å². The van der Waals surface area contributed by atoms with Crippen molar-refractivity contribution in [1.29, 1.82) is 0 Å². The van der Waals surface area contributed by atoms with Gasteiger partial charge in [-0.25, -0.2) is 4.79 Å². The number of rotatable bonds is 3. The molecule has 0 bridgehead atoms. The minimum absolute atomic E-state index is 0.130. The Hall–Kier alpha value is -1.42. The lowest BCUT2D eigenvalue weighted by molar-refractivity contribution is 0.0602. The molecule has 5 heteroatoms. The lowest BCUT2D eigenvalue weighted by Gasteiger charge is -2.15. The molecule has 0 saturated heterocycles. The molecule has 1 aliphatic rings. The van der Waals surface area contributed by atoms with Gasteiger partial charge in [-0.3, -0.25) is 0 Å². The highest BCUT2D eigenvalue weighted by Gasteiger charge is 2.65. The molecule has 0 unspecified atom stereocenters. The second kappa shape index (κ2) is 4.55. The van der Waals surface area contributed by atoms with Gasteiger partial charge in [-0.2, -0.15) is 0 Å². The molecule has 1 aromatic rings. The van der Waals surface area contributed by atoms with Crippen molar-refractivity contribution in [2.45, 2.75) is 33.7 Å². The number of hydrogen-bond donors (Lipinski definition) is 2. The molecule has 2 rings (SSSR count). The summed E-state index contributed by atoms with van der Waals surface area (Å²) in [5.74, 6) is -0.446. The summed E-state index contributed by atoms with van der Waals surface area (Å²) in [6.07, 6.45) is 0. The first-order chi connectivity index (χ1) is 9.12. The first kappa shape index (κ1) is 15.0. The van der Waals surface area contributed by atoms with Crippen LogP contribution in [-0.4, -0.2) is 19.1 Å². The number of nitrogens with one attached hydrogen (secondary N) is 1. The number of nitrogens with two attached hydrogens (primary N) is 1. The van der Waals surface area contributed by atoms with Gasteiger partial charge in [-0.15, -0.1) is 0 Å². The Balaban J connectivity index is 2.40. The molecule has 0 atom stereocenters. The Morgan fingerprint density at radius 1 is 1.30 bits per heavy atom. The third kappa shape index (κ3) is 2.12. The van der Waals surface area contributed by atoms with Gasteiger partial charge in [-0.05, 0) is 23.0 Å². The Kier molecular flexibility index (Phi) is 3.41. The number of carbonyl (C=O) groups excluding carboxylic acids is 1. The lowest BCUT2D eigenvalue weighted by Crippen LogP contribution is -2.15. The summed E-state index contributed by atoms with van der Waals surface area (Å²) in [4.78, 5) is 11.9. The zero-order valence-electron chi connectivity index (χ0n) is 12.5. The third-order valence-corrected chi connectivity index (χ3v) is 5.13. The van der Waals surface area contributed by atoms with E-state index in [0.717, 1.165) is 0 Å². The summed E-state index contributed by atoms with van der Waals surface area (Å²) in [6.45, 7) is 8.75. The van der Waals surface area contributed by atoms with Crippen LogP contribution < -0.4 is 11.1 Å². The van der Waals surface area contributed by atoms with Crippen LogP contribution in [0.5, 0.6) is 0 Å². The Labute approximate surface area is 124 Å². The highest BCUT2D eigenvalue weighted by Crippen LogP contribution is 2.64. The molecule has 0 aromatic heterocycles. The first-order valence-electron chi connectivity index (χ1n) is 6.56. The zero-order chi connectivity index (χ0) is 15.3. The molecule has 20 heavy (non-hydrogen) atoms. The quantitative estimate of drug-likeness (QED) is 0.661. The Morgan fingerprint density at radius 3 is 2.30 bits per heavy atom. The van der Waals surface area contributed by atoms with Gasteiger partial charge in [0.1, 0.15) is 0 Å². The van der Waals surface area contributed by atoms with Crippen LogP contribution in [0.25, 0.3) is 0 Å². The molecule has 1 saturated carbocycles. The van der Waals surface area contributed by atoms with Crippen molar-refractivity contribution in [3.8, 4) is 0 Å². The lowest BCUT2D eigenvalue weighted by atomic mass is 10.0. The van der Waals surface area contributed by atoms with E-state index in [1.807, 2.05) is 0 Å². The number of benzene rings is 1. The number of ether oxygens (including phenoxy) is 1. The van der Waals surface area contributed by atoms with E-state index in [0.29, 0.717) is 22.0 Å². The molecule has 0 spiro atoms.